The summed E-state index contributed by atoms with van der Waals surface area (Å²) in [5.41, 5.74) is 0. The van der Waals surface area contributed by atoms with Crippen LogP contribution >= 0.6 is 0 Å². The van der Waals surface area contributed by atoms with Gasteiger partial charge < -0.3 is 23.8 Å². The van der Waals surface area contributed by atoms with Crippen LogP contribution in [0.5, 0.6) is 0 Å². The number of carbonyl (C=O) groups excluding carboxylic acids is 1. The Morgan fingerprint density at radius 1 is 1.47 bits per heavy atom. The van der Waals surface area contributed by atoms with Gasteiger partial charge in [0.25, 0.3) is 5.91 Å². The van der Waals surface area contributed by atoms with Gasteiger partial charge in [0.1, 0.15) is 0 Å². The Labute approximate surface area is 109 Å². The summed E-state index contributed by atoms with van der Waals surface area (Å²) in [6.45, 7) is 1.09. The highest BCUT2D eigenvalue weighted by Crippen LogP contribution is 2.23. The van der Waals surface area contributed by atoms with E-state index in [1.807, 2.05) is 7.05 Å². The van der Waals surface area contributed by atoms with Crippen LogP contribution in [0.1, 0.15) is 22.7 Å². The molecule has 7 nitrogen and oxygen atoms in total. The average Bonchev–Trinajstić information content (AvgIpc) is 3.09. The number of nitrogens with one attached hydrogen (secondary N) is 1. The third-order valence-electron chi connectivity index (χ3n) is 2.73. The molecule has 1 aliphatic rings. The quantitative estimate of drug-likeness (QED) is 0.903. The predicted molar refractivity (Wildman–Crippen MR) is 64.5 cm³/mol. The molecule has 3 heterocycles. The third kappa shape index (κ3) is 2.38. The Bertz CT molecular complexity index is 570. The van der Waals surface area contributed by atoms with Crippen molar-refractivity contribution in [2.45, 2.75) is 6.29 Å². The van der Waals surface area contributed by atoms with Gasteiger partial charge in [-0.1, -0.05) is 0 Å². The summed E-state index contributed by atoms with van der Waals surface area (Å²) in [5.74, 6) is 0.939. The molecule has 7 heteroatoms. The number of rotatable bonds is 3. The van der Waals surface area contributed by atoms with E-state index in [-0.39, 0.29) is 11.7 Å². The molecule has 0 saturated carbocycles. The smallest absolute Gasteiger partial charge is 0.292 e. The molecular weight excluding hydrogens is 250 g/mol. The first-order valence-corrected chi connectivity index (χ1v) is 5.85. The van der Waals surface area contributed by atoms with Gasteiger partial charge in [0.2, 0.25) is 6.29 Å². The molecule has 0 atom stereocenters. The van der Waals surface area contributed by atoms with Gasteiger partial charge in [0.15, 0.2) is 17.4 Å². The van der Waals surface area contributed by atoms with Gasteiger partial charge in [-0.05, 0) is 12.1 Å². The Morgan fingerprint density at radius 3 is 2.95 bits per heavy atom. The van der Waals surface area contributed by atoms with Crippen molar-refractivity contribution in [3.05, 3.63) is 36.2 Å². The molecule has 0 aliphatic carbocycles. The van der Waals surface area contributed by atoms with Crippen molar-refractivity contribution < 1.29 is 18.7 Å². The number of aromatic nitrogens is 2. The van der Waals surface area contributed by atoms with Gasteiger partial charge in [-0.25, -0.2) is 4.98 Å². The van der Waals surface area contributed by atoms with Gasteiger partial charge in [-0.15, -0.1) is 0 Å². The van der Waals surface area contributed by atoms with Crippen molar-refractivity contribution in [2.75, 3.05) is 18.5 Å². The topological polar surface area (TPSA) is 78.5 Å². The van der Waals surface area contributed by atoms with Gasteiger partial charge in [-0.2, -0.15) is 0 Å². The maximum Gasteiger partial charge on any atom is 0.292 e. The van der Waals surface area contributed by atoms with Crippen LogP contribution in [0.4, 0.5) is 5.82 Å². The number of hydrogen-bond acceptors (Lipinski definition) is 5. The number of nitrogens with zero attached hydrogens (tertiary/aromatic N) is 2. The summed E-state index contributed by atoms with van der Waals surface area (Å²) < 4.78 is 17.5. The maximum absolute atomic E-state index is 11.8. The van der Waals surface area contributed by atoms with Crippen LogP contribution in [0.3, 0.4) is 0 Å². The van der Waals surface area contributed by atoms with Crippen molar-refractivity contribution in [3.63, 3.8) is 0 Å². The molecule has 0 aromatic carbocycles. The van der Waals surface area contributed by atoms with Gasteiger partial charge in [-0.3, -0.25) is 4.79 Å². The van der Waals surface area contributed by atoms with Crippen LogP contribution in [-0.2, 0) is 16.5 Å². The number of hydrogen-bond donors (Lipinski definition) is 1. The summed E-state index contributed by atoms with van der Waals surface area (Å²) in [6, 6.07) is 3.24. The zero-order chi connectivity index (χ0) is 13.2. The van der Waals surface area contributed by atoms with Crippen molar-refractivity contribution in [1.82, 2.24) is 9.55 Å². The van der Waals surface area contributed by atoms with E-state index in [9.17, 15) is 4.79 Å². The Kier molecular flexibility index (Phi) is 3.06. The summed E-state index contributed by atoms with van der Waals surface area (Å²) in [4.78, 5) is 16.1. The molecule has 0 radical (unpaired) electrons. The molecule has 100 valence electrons. The van der Waals surface area contributed by atoms with Crippen molar-refractivity contribution >= 4 is 11.7 Å². The minimum absolute atomic E-state index is 0.237. The highest BCUT2D eigenvalue weighted by molar-refractivity contribution is 6.01. The highest BCUT2D eigenvalue weighted by Gasteiger charge is 2.24. The number of furan rings is 1. The molecule has 1 amide bonds. The Hall–Kier alpha value is -2.12. The van der Waals surface area contributed by atoms with E-state index in [4.69, 9.17) is 13.9 Å². The molecule has 0 unspecified atom stereocenters. The molecule has 2 aromatic rings. The maximum atomic E-state index is 11.8. The SMILES string of the molecule is Cn1cc(NC(=O)c2ccco2)nc1C1OCCO1. The largest absolute Gasteiger partial charge is 0.459 e. The number of anilines is 1. The molecule has 0 bridgehead atoms. The average molecular weight is 263 g/mol. The van der Waals surface area contributed by atoms with E-state index in [1.54, 1.807) is 22.9 Å². The van der Waals surface area contributed by atoms with Crippen molar-refractivity contribution in [1.29, 1.82) is 0 Å². The second-order valence-corrected chi connectivity index (χ2v) is 4.10. The number of ether oxygens (including phenoxy) is 2. The van der Waals surface area contributed by atoms with E-state index < -0.39 is 6.29 Å². The third-order valence-corrected chi connectivity index (χ3v) is 2.73. The van der Waals surface area contributed by atoms with Crippen LogP contribution in [-0.4, -0.2) is 28.7 Å². The lowest BCUT2D eigenvalue weighted by atomic mass is 10.4. The summed E-state index contributed by atoms with van der Waals surface area (Å²) >= 11 is 0. The standard InChI is InChI=1S/C12H13N3O4/c1-15-7-9(13-10(15)12-18-5-6-19-12)14-11(16)8-3-2-4-17-8/h2-4,7,12H,5-6H2,1H3,(H,14,16). The number of carbonyl (C=O) groups is 1. The van der Waals surface area contributed by atoms with Gasteiger partial charge >= 0.3 is 0 Å². The number of imidazole rings is 1. The summed E-state index contributed by atoms with van der Waals surface area (Å²) in [5, 5.41) is 2.65. The van der Waals surface area contributed by atoms with Crippen LogP contribution in [0, 0.1) is 0 Å². The first-order chi connectivity index (χ1) is 9.24. The van der Waals surface area contributed by atoms with Gasteiger partial charge in [0.05, 0.1) is 19.5 Å². The second-order valence-electron chi connectivity index (χ2n) is 4.10. The van der Waals surface area contributed by atoms with E-state index in [2.05, 4.69) is 10.3 Å². The first kappa shape index (κ1) is 11.9. The lowest BCUT2D eigenvalue weighted by molar-refractivity contribution is -0.0523. The molecule has 1 aliphatic heterocycles. The Balaban J connectivity index is 1.75. The fourth-order valence-corrected chi connectivity index (χ4v) is 1.85. The van der Waals surface area contributed by atoms with Crippen molar-refractivity contribution in [3.8, 4) is 0 Å². The molecule has 2 aromatic heterocycles. The van der Waals surface area contributed by atoms with E-state index in [0.717, 1.165) is 0 Å². The number of aryl methyl sites for hydroxylation is 1. The molecule has 3 rings (SSSR count). The molecule has 1 saturated heterocycles. The fourth-order valence-electron chi connectivity index (χ4n) is 1.85. The van der Waals surface area contributed by atoms with Crippen molar-refractivity contribution in [2.24, 2.45) is 7.05 Å². The van der Waals surface area contributed by atoms with Crippen LogP contribution in [0.15, 0.2) is 29.0 Å². The molecule has 1 fully saturated rings. The lowest BCUT2D eigenvalue weighted by Crippen LogP contribution is -2.11. The highest BCUT2D eigenvalue weighted by atomic mass is 16.7. The minimum atomic E-state index is -0.473. The number of amides is 1. The van der Waals surface area contributed by atoms with Crippen LogP contribution in [0.2, 0.25) is 0 Å². The van der Waals surface area contributed by atoms with Gasteiger partial charge in [0, 0.05) is 13.2 Å². The zero-order valence-electron chi connectivity index (χ0n) is 10.3. The summed E-state index contributed by atoms with van der Waals surface area (Å²) in [6.07, 6.45) is 2.67. The molecule has 0 spiro atoms. The van der Waals surface area contributed by atoms with Crippen LogP contribution < -0.4 is 5.32 Å². The summed E-state index contributed by atoms with van der Waals surface area (Å²) in [7, 11) is 1.82. The van der Waals surface area contributed by atoms with E-state index >= 15 is 0 Å². The minimum Gasteiger partial charge on any atom is -0.459 e. The van der Waals surface area contributed by atoms with E-state index in [1.165, 1.54) is 6.26 Å². The molecular formula is C12H13N3O4. The normalized spacial score (nSPS) is 15.8. The molecule has 1 N–H and O–H groups in total. The monoisotopic (exact) mass is 263 g/mol. The fraction of sp³-hybridized carbons (Fsp3) is 0.333. The first-order valence-electron chi connectivity index (χ1n) is 5.85. The van der Waals surface area contributed by atoms with Crippen LogP contribution in [0.25, 0.3) is 0 Å². The molecule has 19 heavy (non-hydrogen) atoms. The predicted octanol–water partition coefficient (Wildman–Crippen LogP) is 1.31. The second kappa shape index (κ2) is 4.87. The lowest BCUT2D eigenvalue weighted by Gasteiger charge is -2.07. The van der Waals surface area contributed by atoms with E-state index in [0.29, 0.717) is 24.9 Å². The zero-order valence-corrected chi connectivity index (χ0v) is 10.3. The Morgan fingerprint density at radius 2 is 2.26 bits per heavy atom.